The molecule has 1 aliphatic heterocycles. The van der Waals surface area contributed by atoms with Gasteiger partial charge in [0.1, 0.15) is 0 Å². The van der Waals surface area contributed by atoms with Crippen LogP contribution in [-0.4, -0.2) is 49.8 Å². The van der Waals surface area contributed by atoms with Crippen LogP contribution in [0, 0.1) is 0 Å². The zero-order valence-electron chi connectivity index (χ0n) is 10.7. The van der Waals surface area contributed by atoms with Gasteiger partial charge in [-0.15, -0.1) is 0 Å². The molecule has 1 rings (SSSR count). The first-order valence-corrected chi connectivity index (χ1v) is 6.08. The highest BCUT2D eigenvalue weighted by molar-refractivity contribution is 4.82. The lowest BCUT2D eigenvalue weighted by atomic mass is 10.1. The third kappa shape index (κ3) is 4.96. The maximum absolute atomic E-state index is 5.88. The van der Waals surface area contributed by atoms with Gasteiger partial charge in [-0.25, -0.2) is 0 Å². The molecule has 0 aliphatic carbocycles. The predicted octanol–water partition coefficient (Wildman–Crippen LogP) is 1.49. The molecule has 0 amide bonds. The largest absolute Gasteiger partial charge is 0.370 e. The molecule has 1 fully saturated rings. The Morgan fingerprint density at radius 3 is 2.73 bits per heavy atom. The molecule has 0 radical (unpaired) electrons. The average Bonchev–Trinajstić information content (AvgIpc) is 2.09. The number of hydrogen-bond acceptors (Lipinski definition) is 3. The Morgan fingerprint density at radius 2 is 2.13 bits per heavy atom. The molecule has 1 N–H and O–H groups in total. The van der Waals surface area contributed by atoms with E-state index in [0.717, 1.165) is 19.6 Å². The van der Waals surface area contributed by atoms with E-state index in [4.69, 9.17) is 4.74 Å². The number of rotatable bonds is 5. The van der Waals surface area contributed by atoms with Crippen molar-refractivity contribution >= 4 is 0 Å². The van der Waals surface area contributed by atoms with Gasteiger partial charge in [-0.1, -0.05) is 0 Å². The standard InChI is InChI=1S/C12H26N2O/c1-11-9-14(8-6-5-7-13-4)10-12(2,3)15-11/h11,13H,5-10H2,1-4H3. The van der Waals surface area contributed by atoms with Crippen molar-refractivity contribution in [2.45, 2.75) is 45.3 Å². The van der Waals surface area contributed by atoms with E-state index in [2.05, 4.69) is 31.0 Å². The van der Waals surface area contributed by atoms with Gasteiger partial charge >= 0.3 is 0 Å². The second-order valence-electron chi connectivity index (χ2n) is 5.23. The normalized spacial score (nSPS) is 26.8. The van der Waals surface area contributed by atoms with Crippen LogP contribution >= 0.6 is 0 Å². The number of ether oxygens (including phenoxy) is 1. The maximum Gasteiger partial charge on any atom is 0.0757 e. The Balaban J connectivity index is 2.23. The summed E-state index contributed by atoms with van der Waals surface area (Å²) >= 11 is 0. The number of nitrogens with zero attached hydrogens (tertiary/aromatic N) is 1. The summed E-state index contributed by atoms with van der Waals surface area (Å²) in [7, 11) is 2.01. The van der Waals surface area contributed by atoms with Crippen molar-refractivity contribution in [2.75, 3.05) is 33.2 Å². The first-order valence-electron chi connectivity index (χ1n) is 6.08. The van der Waals surface area contributed by atoms with Crippen molar-refractivity contribution < 1.29 is 4.74 Å². The van der Waals surface area contributed by atoms with Gasteiger partial charge in [0, 0.05) is 13.1 Å². The number of unbranched alkanes of at least 4 members (excludes halogenated alkanes) is 1. The highest BCUT2D eigenvalue weighted by atomic mass is 16.5. The van der Waals surface area contributed by atoms with Crippen molar-refractivity contribution in [1.29, 1.82) is 0 Å². The average molecular weight is 214 g/mol. The summed E-state index contributed by atoms with van der Waals surface area (Å²) in [5.74, 6) is 0. The van der Waals surface area contributed by atoms with Crippen LogP contribution < -0.4 is 5.32 Å². The molecule has 0 aromatic carbocycles. The highest BCUT2D eigenvalue weighted by Gasteiger charge is 2.30. The van der Waals surface area contributed by atoms with Crippen LogP contribution in [0.15, 0.2) is 0 Å². The van der Waals surface area contributed by atoms with Gasteiger partial charge in [0.25, 0.3) is 0 Å². The number of morpholine rings is 1. The van der Waals surface area contributed by atoms with Gasteiger partial charge in [-0.2, -0.15) is 0 Å². The molecule has 1 aliphatic rings. The van der Waals surface area contributed by atoms with Crippen LogP contribution in [0.5, 0.6) is 0 Å². The molecule has 0 aromatic heterocycles. The number of hydrogen-bond donors (Lipinski definition) is 1. The molecule has 0 aromatic rings. The summed E-state index contributed by atoms with van der Waals surface area (Å²) in [4.78, 5) is 2.53. The minimum absolute atomic E-state index is 0.0284. The van der Waals surface area contributed by atoms with Gasteiger partial charge in [0.05, 0.1) is 11.7 Å². The molecule has 0 saturated carbocycles. The minimum atomic E-state index is 0.0284. The van der Waals surface area contributed by atoms with Crippen LogP contribution in [0.2, 0.25) is 0 Å². The fraction of sp³-hybridized carbons (Fsp3) is 1.00. The molecule has 1 unspecified atom stereocenters. The first-order chi connectivity index (χ1) is 7.03. The molecule has 1 atom stereocenters. The summed E-state index contributed by atoms with van der Waals surface area (Å²) in [6, 6.07) is 0. The lowest BCUT2D eigenvalue weighted by Gasteiger charge is -2.41. The van der Waals surface area contributed by atoms with Crippen LogP contribution in [0.3, 0.4) is 0 Å². The number of nitrogens with one attached hydrogen (secondary N) is 1. The van der Waals surface area contributed by atoms with E-state index < -0.39 is 0 Å². The fourth-order valence-corrected chi connectivity index (χ4v) is 2.39. The van der Waals surface area contributed by atoms with Crippen molar-refractivity contribution in [3.63, 3.8) is 0 Å². The molecule has 1 heterocycles. The third-order valence-corrected chi connectivity index (χ3v) is 2.79. The first kappa shape index (κ1) is 12.9. The summed E-state index contributed by atoms with van der Waals surface area (Å²) in [5.41, 5.74) is 0.0284. The van der Waals surface area contributed by atoms with E-state index in [-0.39, 0.29) is 5.60 Å². The lowest BCUT2D eigenvalue weighted by molar-refractivity contribution is -0.128. The van der Waals surface area contributed by atoms with E-state index in [9.17, 15) is 0 Å². The third-order valence-electron chi connectivity index (χ3n) is 2.79. The summed E-state index contributed by atoms with van der Waals surface area (Å²) < 4.78 is 5.88. The zero-order chi connectivity index (χ0) is 11.3. The smallest absolute Gasteiger partial charge is 0.0757 e. The molecule has 90 valence electrons. The lowest BCUT2D eigenvalue weighted by Crippen LogP contribution is -2.51. The second kappa shape index (κ2) is 5.83. The molecule has 15 heavy (non-hydrogen) atoms. The Bertz CT molecular complexity index is 182. The highest BCUT2D eigenvalue weighted by Crippen LogP contribution is 2.20. The molecule has 3 heteroatoms. The van der Waals surface area contributed by atoms with Gasteiger partial charge in [-0.05, 0) is 53.8 Å². The van der Waals surface area contributed by atoms with Gasteiger partial charge in [0.15, 0.2) is 0 Å². The Morgan fingerprint density at radius 1 is 1.40 bits per heavy atom. The van der Waals surface area contributed by atoms with Crippen molar-refractivity contribution in [3.8, 4) is 0 Å². The van der Waals surface area contributed by atoms with Gasteiger partial charge < -0.3 is 10.1 Å². The quantitative estimate of drug-likeness (QED) is 0.702. The Hall–Kier alpha value is -0.120. The molecule has 3 nitrogen and oxygen atoms in total. The van der Waals surface area contributed by atoms with E-state index in [1.54, 1.807) is 0 Å². The Labute approximate surface area is 94.2 Å². The van der Waals surface area contributed by atoms with E-state index in [1.165, 1.54) is 19.4 Å². The zero-order valence-corrected chi connectivity index (χ0v) is 10.7. The van der Waals surface area contributed by atoms with Crippen molar-refractivity contribution in [3.05, 3.63) is 0 Å². The molecule has 1 saturated heterocycles. The molecule has 0 spiro atoms. The van der Waals surface area contributed by atoms with Crippen molar-refractivity contribution in [1.82, 2.24) is 10.2 Å². The summed E-state index contributed by atoms with van der Waals surface area (Å²) in [6.45, 7) is 11.0. The topological polar surface area (TPSA) is 24.5 Å². The van der Waals surface area contributed by atoms with Crippen LogP contribution in [-0.2, 0) is 4.74 Å². The van der Waals surface area contributed by atoms with Crippen LogP contribution in [0.1, 0.15) is 33.6 Å². The van der Waals surface area contributed by atoms with Gasteiger partial charge in [-0.3, -0.25) is 4.90 Å². The van der Waals surface area contributed by atoms with Crippen LogP contribution in [0.4, 0.5) is 0 Å². The summed E-state index contributed by atoms with van der Waals surface area (Å²) in [6.07, 6.45) is 2.92. The minimum Gasteiger partial charge on any atom is -0.370 e. The molecular formula is C12H26N2O. The van der Waals surface area contributed by atoms with E-state index in [0.29, 0.717) is 6.10 Å². The molecular weight excluding hydrogens is 188 g/mol. The van der Waals surface area contributed by atoms with E-state index >= 15 is 0 Å². The SMILES string of the molecule is CNCCCCN1CC(C)OC(C)(C)C1. The van der Waals surface area contributed by atoms with E-state index in [1.807, 2.05) is 7.05 Å². The summed E-state index contributed by atoms with van der Waals surface area (Å²) in [5, 5.41) is 3.19. The van der Waals surface area contributed by atoms with Crippen molar-refractivity contribution in [2.24, 2.45) is 0 Å². The second-order valence-corrected chi connectivity index (χ2v) is 5.23. The van der Waals surface area contributed by atoms with Gasteiger partial charge in [0.2, 0.25) is 0 Å². The van der Waals surface area contributed by atoms with Crippen LogP contribution in [0.25, 0.3) is 0 Å². The monoisotopic (exact) mass is 214 g/mol. The maximum atomic E-state index is 5.88. The predicted molar refractivity (Wildman–Crippen MR) is 64.2 cm³/mol. The molecule has 0 bridgehead atoms. The fourth-order valence-electron chi connectivity index (χ4n) is 2.39. The Kier molecular flexibility index (Phi) is 5.03.